The molecule has 0 fully saturated rings. The maximum Gasteiger partial charge on any atom is 0.162 e. The number of nitrogens with zero attached hydrogens (tertiary/aromatic N) is 3. The maximum atomic E-state index is 7.65. The maximum absolute atomic E-state index is 7.65. The molecule has 2 heterocycles. The number of hydrogen-bond donors (Lipinski definition) is 2. The molecule has 1 aromatic carbocycles. The largest absolute Gasteiger partial charge is 0.491 e. The van der Waals surface area contributed by atoms with Gasteiger partial charge in [0.15, 0.2) is 5.82 Å². The van der Waals surface area contributed by atoms with Crippen molar-refractivity contribution in [1.29, 1.82) is 5.41 Å². The summed E-state index contributed by atoms with van der Waals surface area (Å²) in [5.74, 6) is 1.32. The second-order valence-electron chi connectivity index (χ2n) is 4.46. The lowest BCUT2D eigenvalue weighted by Crippen LogP contribution is -2.24. The molecule has 3 rings (SSSR count). The summed E-state index contributed by atoms with van der Waals surface area (Å²) in [5.41, 5.74) is 6.92. The van der Waals surface area contributed by atoms with Gasteiger partial charge in [-0.2, -0.15) is 0 Å². The van der Waals surface area contributed by atoms with Crippen LogP contribution in [0.15, 0.2) is 36.7 Å². The summed E-state index contributed by atoms with van der Waals surface area (Å²) in [6.45, 7) is 1.40. The third-order valence-electron chi connectivity index (χ3n) is 3.13. The van der Waals surface area contributed by atoms with Gasteiger partial charge in [-0.15, -0.1) is 0 Å². The van der Waals surface area contributed by atoms with Gasteiger partial charge in [0.1, 0.15) is 17.3 Å². The Morgan fingerprint density at radius 3 is 2.90 bits per heavy atom. The van der Waals surface area contributed by atoms with Crippen molar-refractivity contribution in [2.45, 2.75) is 6.42 Å². The molecule has 0 bridgehead atoms. The minimum Gasteiger partial charge on any atom is -0.491 e. The Labute approximate surface area is 116 Å². The SMILES string of the molecule is N=C(N)c1nccnc1N1CCCOc2ccccc21. The molecule has 1 aromatic heterocycles. The first kappa shape index (κ1) is 12.4. The first-order chi connectivity index (χ1) is 9.77. The molecule has 1 aliphatic heterocycles. The van der Waals surface area contributed by atoms with Gasteiger partial charge in [0.2, 0.25) is 0 Å². The lowest BCUT2D eigenvalue weighted by atomic mass is 10.2. The van der Waals surface area contributed by atoms with Crippen molar-refractivity contribution in [3.63, 3.8) is 0 Å². The number of nitrogens with two attached hydrogens (primary N) is 1. The van der Waals surface area contributed by atoms with Gasteiger partial charge in [0.25, 0.3) is 0 Å². The van der Waals surface area contributed by atoms with Gasteiger partial charge in [0, 0.05) is 18.9 Å². The van der Waals surface area contributed by atoms with Crippen LogP contribution in [0.4, 0.5) is 11.5 Å². The molecule has 0 unspecified atom stereocenters. The monoisotopic (exact) mass is 269 g/mol. The number of hydrogen-bond acceptors (Lipinski definition) is 5. The van der Waals surface area contributed by atoms with Crippen LogP contribution in [0.3, 0.4) is 0 Å². The molecule has 2 aromatic rings. The Hall–Kier alpha value is -2.63. The second kappa shape index (κ2) is 5.16. The van der Waals surface area contributed by atoms with Crippen molar-refractivity contribution in [1.82, 2.24) is 9.97 Å². The van der Waals surface area contributed by atoms with Crippen molar-refractivity contribution in [2.24, 2.45) is 5.73 Å². The Bertz CT molecular complexity index is 643. The van der Waals surface area contributed by atoms with E-state index in [-0.39, 0.29) is 5.84 Å². The van der Waals surface area contributed by atoms with Crippen molar-refractivity contribution in [3.05, 3.63) is 42.4 Å². The number of nitrogen functional groups attached to an aromatic ring is 1. The number of ether oxygens (including phenoxy) is 1. The molecule has 6 nitrogen and oxygen atoms in total. The van der Waals surface area contributed by atoms with E-state index in [1.807, 2.05) is 29.2 Å². The van der Waals surface area contributed by atoms with Crippen LogP contribution in [-0.2, 0) is 0 Å². The van der Waals surface area contributed by atoms with Crippen LogP contribution in [-0.4, -0.2) is 29.0 Å². The van der Waals surface area contributed by atoms with Crippen molar-refractivity contribution < 1.29 is 4.74 Å². The fourth-order valence-electron chi connectivity index (χ4n) is 2.27. The minimum absolute atomic E-state index is 0.0873. The first-order valence-electron chi connectivity index (χ1n) is 6.42. The molecule has 0 amide bonds. The molecule has 102 valence electrons. The average Bonchev–Trinajstić information content (AvgIpc) is 2.69. The van der Waals surface area contributed by atoms with Gasteiger partial charge < -0.3 is 15.4 Å². The number of para-hydroxylation sites is 2. The van der Waals surface area contributed by atoms with E-state index in [1.165, 1.54) is 0 Å². The van der Waals surface area contributed by atoms with E-state index in [0.29, 0.717) is 18.1 Å². The molecule has 6 heteroatoms. The zero-order valence-electron chi connectivity index (χ0n) is 10.9. The molecule has 0 spiro atoms. The van der Waals surface area contributed by atoms with Crippen molar-refractivity contribution in [3.8, 4) is 5.75 Å². The molecule has 0 atom stereocenters. The normalized spacial score (nSPS) is 14.1. The van der Waals surface area contributed by atoms with Crippen LogP contribution in [0, 0.1) is 5.41 Å². The fourth-order valence-corrected chi connectivity index (χ4v) is 2.27. The summed E-state index contributed by atoms with van der Waals surface area (Å²) in [6.07, 6.45) is 4.01. The van der Waals surface area contributed by atoms with Gasteiger partial charge in [-0.3, -0.25) is 5.41 Å². The van der Waals surface area contributed by atoms with Gasteiger partial charge in [-0.05, 0) is 18.6 Å². The Balaban J connectivity index is 2.13. The summed E-state index contributed by atoms with van der Waals surface area (Å²) in [4.78, 5) is 10.5. The molecule has 1 aliphatic rings. The number of benzene rings is 1. The Kier molecular flexibility index (Phi) is 3.20. The zero-order chi connectivity index (χ0) is 13.9. The second-order valence-corrected chi connectivity index (χ2v) is 4.46. The highest BCUT2D eigenvalue weighted by Gasteiger charge is 2.22. The minimum atomic E-state index is -0.0873. The van der Waals surface area contributed by atoms with Gasteiger partial charge in [0.05, 0.1) is 12.3 Å². The van der Waals surface area contributed by atoms with E-state index in [9.17, 15) is 0 Å². The highest BCUT2D eigenvalue weighted by Crippen LogP contribution is 2.35. The smallest absolute Gasteiger partial charge is 0.162 e. The topological polar surface area (TPSA) is 88.1 Å². The number of fused-ring (bicyclic) bond motifs is 1. The van der Waals surface area contributed by atoms with E-state index < -0.39 is 0 Å². The molecule has 20 heavy (non-hydrogen) atoms. The van der Waals surface area contributed by atoms with Crippen molar-refractivity contribution >= 4 is 17.3 Å². The summed E-state index contributed by atoms with van der Waals surface area (Å²) in [6, 6.07) is 7.78. The summed E-state index contributed by atoms with van der Waals surface area (Å²) < 4.78 is 5.73. The quantitative estimate of drug-likeness (QED) is 0.639. The molecular weight excluding hydrogens is 254 g/mol. The van der Waals surface area contributed by atoms with E-state index in [1.54, 1.807) is 12.4 Å². The van der Waals surface area contributed by atoms with E-state index >= 15 is 0 Å². The fraction of sp³-hybridized carbons (Fsp3) is 0.214. The standard InChI is InChI=1S/C14H15N5O/c15-13(16)12-14(18-7-6-17-12)19-8-3-9-20-11-5-2-1-4-10(11)19/h1-2,4-7H,3,8-9H2,(H3,15,16). The molecule has 0 saturated heterocycles. The van der Waals surface area contributed by atoms with Crippen LogP contribution in [0.25, 0.3) is 0 Å². The third-order valence-corrected chi connectivity index (χ3v) is 3.13. The summed E-state index contributed by atoms with van der Waals surface area (Å²) in [5, 5.41) is 7.65. The van der Waals surface area contributed by atoms with Crippen molar-refractivity contribution in [2.75, 3.05) is 18.1 Å². The van der Waals surface area contributed by atoms with E-state index in [0.717, 1.165) is 24.4 Å². The number of amidine groups is 1. The summed E-state index contributed by atoms with van der Waals surface area (Å²) in [7, 11) is 0. The highest BCUT2D eigenvalue weighted by atomic mass is 16.5. The zero-order valence-corrected chi connectivity index (χ0v) is 10.9. The predicted octanol–water partition coefficient (Wildman–Crippen LogP) is 1.68. The number of anilines is 2. The van der Waals surface area contributed by atoms with Crippen LogP contribution < -0.4 is 15.4 Å². The molecule has 0 saturated carbocycles. The highest BCUT2D eigenvalue weighted by molar-refractivity contribution is 5.98. The van der Waals surface area contributed by atoms with Gasteiger partial charge in [-0.1, -0.05) is 12.1 Å². The predicted molar refractivity (Wildman–Crippen MR) is 76.6 cm³/mol. The average molecular weight is 269 g/mol. The van der Waals surface area contributed by atoms with Crippen LogP contribution in [0.1, 0.15) is 12.1 Å². The molecule has 3 N–H and O–H groups in total. The lowest BCUT2D eigenvalue weighted by Gasteiger charge is -2.23. The van der Waals surface area contributed by atoms with E-state index in [4.69, 9.17) is 15.9 Å². The van der Waals surface area contributed by atoms with E-state index in [2.05, 4.69) is 9.97 Å². The number of rotatable bonds is 2. The van der Waals surface area contributed by atoms with Gasteiger partial charge >= 0.3 is 0 Å². The lowest BCUT2D eigenvalue weighted by molar-refractivity contribution is 0.322. The third kappa shape index (κ3) is 2.16. The van der Waals surface area contributed by atoms with Crippen LogP contribution in [0.5, 0.6) is 5.75 Å². The van der Waals surface area contributed by atoms with Crippen LogP contribution >= 0.6 is 0 Å². The molecular formula is C14H15N5O. The number of aromatic nitrogens is 2. The molecule has 0 aliphatic carbocycles. The first-order valence-corrected chi connectivity index (χ1v) is 6.42. The van der Waals surface area contributed by atoms with Crippen LogP contribution in [0.2, 0.25) is 0 Å². The molecule has 0 radical (unpaired) electrons. The Morgan fingerprint density at radius 1 is 1.25 bits per heavy atom. The summed E-state index contributed by atoms with van der Waals surface area (Å²) >= 11 is 0. The number of nitrogens with one attached hydrogen (secondary N) is 1. The Morgan fingerprint density at radius 2 is 2.05 bits per heavy atom. The van der Waals surface area contributed by atoms with Gasteiger partial charge in [-0.25, -0.2) is 9.97 Å².